The molecule has 1 aliphatic heterocycles. The first-order valence-corrected chi connectivity index (χ1v) is 12.3. The second-order valence-corrected chi connectivity index (χ2v) is 9.67. The summed E-state index contributed by atoms with van der Waals surface area (Å²) in [6, 6.07) is 12.2. The van der Waals surface area contributed by atoms with E-state index in [9.17, 15) is 27.6 Å². The highest BCUT2D eigenvalue weighted by molar-refractivity contribution is 6.07. The van der Waals surface area contributed by atoms with Crippen LogP contribution in [0.4, 0.5) is 18.9 Å². The molecule has 2 amide bonds. The normalized spacial score (nSPS) is 22.3. The fourth-order valence-corrected chi connectivity index (χ4v) is 5.50. The zero-order chi connectivity index (χ0) is 26.3. The molecule has 2 saturated carbocycles. The summed E-state index contributed by atoms with van der Waals surface area (Å²) in [5.41, 5.74) is 1.81. The number of esters is 1. The van der Waals surface area contributed by atoms with Gasteiger partial charge >= 0.3 is 12.3 Å². The lowest BCUT2D eigenvalue weighted by atomic mass is 9.67. The van der Waals surface area contributed by atoms with Crippen LogP contribution < -0.4 is 9.64 Å². The maximum Gasteiger partial charge on any atom is 0.573 e. The maximum absolute atomic E-state index is 13.6. The molecule has 5 rings (SSSR count). The maximum atomic E-state index is 13.6. The minimum Gasteiger partial charge on any atom is -0.469 e. The van der Waals surface area contributed by atoms with E-state index in [0.717, 1.165) is 43.4 Å². The first kappa shape index (κ1) is 25.1. The van der Waals surface area contributed by atoms with Crippen molar-refractivity contribution in [3.63, 3.8) is 0 Å². The zero-order valence-corrected chi connectivity index (χ0v) is 20.2. The number of rotatable bonds is 7. The summed E-state index contributed by atoms with van der Waals surface area (Å²) in [5, 5.41) is 0. The number of carbonyl (C=O) groups excluding carboxylic acids is 3. The Bertz CT molecular complexity index is 1200. The number of anilines is 1. The molecule has 0 radical (unpaired) electrons. The lowest BCUT2D eigenvalue weighted by Crippen LogP contribution is -2.59. The van der Waals surface area contributed by atoms with Crippen LogP contribution in [0.15, 0.2) is 48.5 Å². The third kappa shape index (κ3) is 5.01. The van der Waals surface area contributed by atoms with E-state index in [2.05, 4.69) is 4.74 Å². The average Bonchev–Trinajstić information content (AvgIpc) is 3.68. The Balaban J connectivity index is 1.44. The van der Waals surface area contributed by atoms with E-state index in [1.165, 1.54) is 19.2 Å². The highest BCUT2D eigenvalue weighted by Gasteiger charge is 2.53. The Morgan fingerprint density at radius 3 is 2.27 bits per heavy atom. The monoisotopic (exact) mass is 516 g/mol. The summed E-state index contributed by atoms with van der Waals surface area (Å²) in [5.74, 6) is -1.21. The van der Waals surface area contributed by atoms with Gasteiger partial charge in [0.05, 0.1) is 19.6 Å². The van der Waals surface area contributed by atoms with Crippen molar-refractivity contribution in [3.05, 3.63) is 59.7 Å². The number of carbonyl (C=O) groups is 3. The summed E-state index contributed by atoms with van der Waals surface area (Å²) >= 11 is 0. The Morgan fingerprint density at radius 1 is 0.973 bits per heavy atom. The van der Waals surface area contributed by atoms with E-state index >= 15 is 0 Å². The minimum atomic E-state index is -4.81. The first-order valence-electron chi connectivity index (χ1n) is 12.3. The molecule has 196 valence electrons. The van der Waals surface area contributed by atoms with Gasteiger partial charge in [-0.3, -0.25) is 14.4 Å². The molecule has 37 heavy (non-hydrogen) atoms. The molecule has 3 atom stereocenters. The molecule has 2 aromatic carbocycles. The highest BCUT2D eigenvalue weighted by atomic mass is 19.4. The summed E-state index contributed by atoms with van der Waals surface area (Å²) < 4.78 is 46.2. The SMILES string of the molecule is COC(=O)CCC(=O)N(C1CC1)[C@H]1c2ccccc2N(C(=O)c2ccc(OC(F)(F)F)cc2)[C@@H]2CC[C@@H]21. The summed E-state index contributed by atoms with van der Waals surface area (Å²) in [7, 11) is 1.30. The summed E-state index contributed by atoms with van der Waals surface area (Å²) in [6.45, 7) is 0. The Labute approximate surface area is 212 Å². The van der Waals surface area contributed by atoms with Crippen LogP contribution in [-0.4, -0.2) is 48.2 Å². The fraction of sp³-hybridized carbons (Fsp3) is 0.444. The van der Waals surface area contributed by atoms with Gasteiger partial charge in [-0.1, -0.05) is 18.2 Å². The second-order valence-electron chi connectivity index (χ2n) is 9.67. The summed E-state index contributed by atoms with van der Waals surface area (Å²) in [6.07, 6.45) is -1.35. The predicted molar refractivity (Wildman–Crippen MR) is 127 cm³/mol. The molecule has 2 aromatic rings. The number of nitrogens with zero attached hydrogens (tertiary/aromatic N) is 2. The third-order valence-corrected chi connectivity index (χ3v) is 7.39. The minimum absolute atomic E-state index is 0.0136. The van der Waals surface area contributed by atoms with Gasteiger partial charge in [0.25, 0.3) is 5.91 Å². The number of halogens is 3. The number of hydrogen-bond donors (Lipinski definition) is 0. The van der Waals surface area contributed by atoms with E-state index in [0.29, 0.717) is 5.69 Å². The van der Waals surface area contributed by atoms with E-state index in [1.54, 1.807) is 4.90 Å². The molecule has 0 N–H and O–H groups in total. The Morgan fingerprint density at radius 2 is 1.68 bits per heavy atom. The van der Waals surface area contributed by atoms with Crippen LogP contribution in [0.25, 0.3) is 0 Å². The zero-order valence-electron chi connectivity index (χ0n) is 20.2. The van der Waals surface area contributed by atoms with Crippen molar-refractivity contribution in [2.75, 3.05) is 12.0 Å². The molecule has 0 aromatic heterocycles. The highest BCUT2D eigenvalue weighted by Crippen LogP contribution is 2.54. The number of amides is 2. The molecular formula is C27H27F3N2O5. The van der Waals surface area contributed by atoms with Crippen molar-refractivity contribution in [2.45, 2.75) is 63.0 Å². The molecule has 7 nitrogen and oxygen atoms in total. The number of ether oxygens (including phenoxy) is 2. The van der Waals surface area contributed by atoms with Gasteiger partial charge in [0.15, 0.2) is 0 Å². The number of fused-ring (bicyclic) bond motifs is 2. The van der Waals surface area contributed by atoms with E-state index in [1.807, 2.05) is 29.2 Å². The molecule has 2 aliphatic carbocycles. The van der Waals surface area contributed by atoms with Gasteiger partial charge < -0.3 is 19.3 Å². The molecule has 10 heteroatoms. The van der Waals surface area contributed by atoms with Crippen molar-refractivity contribution in [3.8, 4) is 5.75 Å². The lowest BCUT2D eigenvalue weighted by Gasteiger charge is -2.55. The molecule has 0 spiro atoms. The van der Waals surface area contributed by atoms with E-state index in [-0.39, 0.29) is 54.3 Å². The Hall–Kier alpha value is -3.56. The lowest BCUT2D eigenvalue weighted by molar-refractivity contribution is -0.274. The van der Waals surface area contributed by atoms with Gasteiger partial charge in [-0.2, -0.15) is 0 Å². The average molecular weight is 517 g/mol. The fourth-order valence-electron chi connectivity index (χ4n) is 5.50. The molecule has 0 unspecified atom stereocenters. The number of hydrogen-bond acceptors (Lipinski definition) is 5. The quantitative estimate of drug-likeness (QED) is 0.484. The molecular weight excluding hydrogens is 489 g/mol. The molecule has 0 saturated heterocycles. The van der Waals surface area contributed by atoms with Crippen LogP contribution in [0.3, 0.4) is 0 Å². The van der Waals surface area contributed by atoms with Gasteiger partial charge in [0, 0.05) is 35.7 Å². The van der Waals surface area contributed by atoms with Crippen molar-refractivity contribution in [1.29, 1.82) is 0 Å². The molecule has 1 heterocycles. The van der Waals surface area contributed by atoms with Gasteiger partial charge in [0.1, 0.15) is 5.75 Å². The van der Waals surface area contributed by atoms with Crippen LogP contribution in [0.5, 0.6) is 5.75 Å². The van der Waals surface area contributed by atoms with Crippen LogP contribution in [0.2, 0.25) is 0 Å². The number of methoxy groups -OCH3 is 1. The van der Waals surface area contributed by atoms with Crippen molar-refractivity contribution < 1.29 is 37.0 Å². The largest absolute Gasteiger partial charge is 0.573 e. The van der Waals surface area contributed by atoms with Crippen molar-refractivity contribution in [1.82, 2.24) is 4.90 Å². The second kappa shape index (κ2) is 9.72. The smallest absolute Gasteiger partial charge is 0.469 e. The molecule has 0 bridgehead atoms. The van der Waals surface area contributed by atoms with Crippen LogP contribution >= 0.6 is 0 Å². The van der Waals surface area contributed by atoms with Gasteiger partial charge in [-0.25, -0.2) is 0 Å². The molecule has 3 aliphatic rings. The van der Waals surface area contributed by atoms with Crippen LogP contribution in [0.1, 0.15) is 60.5 Å². The van der Waals surface area contributed by atoms with Gasteiger partial charge in [-0.15, -0.1) is 13.2 Å². The first-order chi connectivity index (χ1) is 17.7. The van der Waals surface area contributed by atoms with E-state index < -0.39 is 18.1 Å². The third-order valence-electron chi connectivity index (χ3n) is 7.39. The summed E-state index contributed by atoms with van der Waals surface area (Å²) in [4.78, 5) is 42.3. The topological polar surface area (TPSA) is 76.2 Å². The van der Waals surface area contributed by atoms with Gasteiger partial charge in [-0.05, 0) is 61.6 Å². The van der Waals surface area contributed by atoms with Crippen LogP contribution in [0, 0.1) is 5.92 Å². The van der Waals surface area contributed by atoms with Crippen molar-refractivity contribution >= 4 is 23.5 Å². The Kier molecular flexibility index (Phi) is 6.59. The molecule has 2 fully saturated rings. The number of alkyl halides is 3. The number of benzene rings is 2. The van der Waals surface area contributed by atoms with Crippen molar-refractivity contribution in [2.24, 2.45) is 5.92 Å². The van der Waals surface area contributed by atoms with Gasteiger partial charge in [0.2, 0.25) is 5.91 Å². The standard InChI is InChI=1S/C27H27F3N2O5/c1-36-24(34)15-14-23(33)31(17-8-9-17)25-19-4-2-3-5-21(19)32(22-13-12-20(22)25)26(35)16-6-10-18(11-7-16)37-27(28,29)30/h2-7,10-11,17,20,22,25H,8-9,12-15H2,1H3/t20-,22+,25-/m0/s1. The predicted octanol–water partition coefficient (Wildman–Crippen LogP) is 5.01. The van der Waals surface area contributed by atoms with E-state index in [4.69, 9.17) is 4.74 Å². The van der Waals surface area contributed by atoms with Crippen LogP contribution in [-0.2, 0) is 14.3 Å². The number of para-hydroxylation sites is 1.